The van der Waals surface area contributed by atoms with Crippen LogP contribution in [0.2, 0.25) is 0 Å². The Morgan fingerprint density at radius 3 is 1.98 bits per heavy atom. The third-order valence-electron chi connectivity index (χ3n) is 8.55. The standard InChI is InChI=1S/C42H77N2O7P/c1-6-8-10-12-14-15-16-17-18-22-26-30-34-41(46)40(38-51-52(48,49)50-37-36-44(3,4)5)43-42(47)35-31-27-23-20-19-21-25-29-33-39(45)32-28-24-13-11-9-7-2/h20-21,23-25,28-30,33-34,39-41,45-46H,6-19,22,26-27,31-32,35-38H2,1-5H3,(H-,43,47,48,49)/b23-20-,25-21-,28-24-,33-29+,34-30+/t39-,40-,41+/m0/s1. The van der Waals surface area contributed by atoms with Crippen molar-refractivity contribution < 1.29 is 38.0 Å². The molecule has 0 rings (SSSR count). The molecular formula is C42H77N2O7P. The third-order valence-corrected chi connectivity index (χ3v) is 9.52. The van der Waals surface area contributed by atoms with Gasteiger partial charge >= 0.3 is 0 Å². The second-order valence-corrected chi connectivity index (χ2v) is 16.2. The number of amides is 1. The first kappa shape index (κ1) is 50.2. The number of nitrogens with one attached hydrogen (secondary N) is 1. The van der Waals surface area contributed by atoms with E-state index in [9.17, 15) is 24.5 Å². The molecule has 0 fully saturated rings. The zero-order valence-electron chi connectivity index (χ0n) is 33.6. The number of phosphoric acid groups is 1. The van der Waals surface area contributed by atoms with E-state index in [0.29, 0.717) is 30.3 Å². The van der Waals surface area contributed by atoms with E-state index in [1.54, 1.807) is 12.2 Å². The van der Waals surface area contributed by atoms with E-state index in [2.05, 4.69) is 25.2 Å². The van der Waals surface area contributed by atoms with Gasteiger partial charge in [0.25, 0.3) is 7.82 Å². The number of allylic oxidation sites excluding steroid dienone is 7. The molecule has 0 aliphatic rings. The van der Waals surface area contributed by atoms with E-state index >= 15 is 0 Å². The number of phosphoric ester groups is 1. The van der Waals surface area contributed by atoms with Crippen molar-refractivity contribution in [2.75, 3.05) is 40.9 Å². The summed E-state index contributed by atoms with van der Waals surface area (Å²) in [6, 6.07) is -0.935. The van der Waals surface area contributed by atoms with Crippen LogP contribution in [0.4, 0.5) is 0 Å². The van der Waals surface area contributed by atoms with Gasteiger partial charge in [-0.15, -0.1) is 0 Å². The number of hydrogen-bond donors (Lipinski definition) is 3. The highest BCUT2D eigenvalue weighted by atomic mass is 31.2. The molecule has 0 aromatic carbocycles. The first-order chi connectivity index (χ1) is 24.9. The summed E-state index contributed by atoms with van der Waals surface area (Å²) in [7, 11) is 1.18. The lowest BCUT2D eigenvalue weighted by atomic mass is 10.1. The first-order valence-electron chi connectivity index (χ1n) is 20.3. The number of unbranched alkanes of at least 4 members (excludes halogenated alkanes) is 14. The zero-order chi connectivity index (χ0) is 38.8. The Labute approximate surface area is 318 Å². The van der Waals surface area contributed by atoms with Crippen molar-refractivity contribution in [3.63, 3.8) is 0 Å². The van der Waals surface area contributed by atoms with Gasteiger partial charge in [0.05, 0.1) is 46.0 Å². The molecule has 9 nitrogen and oxygen atoms in total. The summed E-state index contributed by atoms with van der Waals surface area (Å²) in [6.45, 7) is 4.45. The fraction of sp³-hybridized carbons (Fsp3) is 0.738. The van der Waals surface area contributed by atoms with Gasteiger partial charge in [0.1, 0.15) is 13.2 Å². The van der Waals surface area contributed by atoms with Gasteiger partial charge in [-0.1, -0.05) is 145 Å². The van der Waals surface area contributed by atoms with E-state index in [1.807, 2.05) is 63.7 Å². The fourth-order valence-electron chi connectivity index (χ4n) is 5.23. The van der Waals surface area contributed by atoms with Crippen molar-refractivity contribution in [1.29, 1.82) is 0 Å². The Bertz CT molecular complexity index is 1050. The van der Waals surface area contributed by atoms with Gasteiger partial charge in [-0.05, 0) is 51.4 Å². The third kappa shape index (κ3) is 35.2. The number of quaternary nitrogens is 1. The quantitative estimate of drug-likeness (QED) is 0.0194. The van der Waals surface area contributed by atoms with Crippen molar-refractivity contribution >= 4 is 13.7 Å². The summed E-state index contributed by atoms with van der Waals surface area (Å²) in [4.78, 5) is 25.2. The summed E-state index contributed by atoms with van der Waals surface area (Å²) in [5.74, 6) is -0.282. The fourth-order valence-corrected chi connectivity index (χ4v) is 5.95. The van der Waals surface area contributed by atoms with Gasteiger partial charge in [-0.2, -0.15) is 0 Å². The van der Waals surface area contributed by atoms with Crippen molar-refractivity contribution in [2.45, 2.75) is 161 Å². The number of aliphatic hydroxyl groups is 2. The van der Waals surface area contributed by atoms with Crippen molar-refractivity contribution in [3.8, 4) is 0 Å². The van der Waals surface area contributed by atoms with Gasteiger partial charge in [0.15, 0.2) is 0 Å². The molecule has 4 atom stereocenters. The van der Waals surface area contributed by atoms with Crippen LogP contribution in [0.5, 0.6) is 0 Å². The zero-order valence-corrected chi connectivity index (χ0v) is 34.5. The molecule has 0 spiro atoms. The van der Waals surface area contributed by atoms with Crippen LogP contribution in [0.15, 0.2) is 60.8 Å². The van der Waals surface area contributed by atoms with Crippen LogP contribution in [-0.2, 0) is 18.4 Å². The molecule has 0 heterocycles. The Kier molecular flexibility index (Phi) is 32.5. The topological polar surface area (TPSA) is 128 Å². The Balaban J connectivity index is 4.69. The predicted molar refractivity (Wildman–Crippen MR) is 216 cm³/mol. The van der Waals surface area contributed by atoms with Gasteiger partial charge in [-0.3, -0.25) is 9.36 Å². The molecule has 0 bridgehead atoms. The normalized spacial score (nSPS) is 15.8. The highest BCUT2D eigenvalue weighted by Gasteiger charge is 2.23. The lowest BCUT2D eigenvalue weighted by Crippen LogP contribution is -2.45. The number of likely N-dealkylation sites (N-methyl/N-ethyl adjacent to an activating group) is 1. The number of nitrogens with zero attached hydrogens (tertiary/aromatic N) is 1. The largest absolute Gasteiger partial charge is 0.756 e. The maximum absolute atomic E-state index is 12.8. The molecule has 0 saturated heterocycles. The number of carbonyl (C=O) groups is 1. The number of aliphatic hydroxyl groups excluding tert-OH is 2. The van der Waals surface area contributed by atoms with Crippen LogP contribution >= 0.6 is 7.82 Å². The lowest BCUT2D eigenvalue weighted by molar-refractivity contribution is -0.870. The molecule has 0 aromatic heterocycles. The Hall–Kier alpha value is -1.84. The maximum atomic E-state index is 12.8. The molecule has 52 heavy (non-hydrogen) atoms. The molecule has 1 unspecified atom stereocenters. The molecule has 302 valence electrons. The minimum atomic E-state index is -4.61. The number of rotatable bonds is 35. The van der Waals surface area contributed by atoms with E-state index < -0.39 is 32.7 Å². The predicted octanol–water partition coefficient (Wildman–Crippen LogP) is 9.02. The van der Waals surface area contributed by atoms with Crippen molar-refractivity contribution in [2.24, 2.45) is 0 Å². The molecule has 3 N–H and O–H groups in total. The average Bonchev–Trinajstić information content (AvgIpc) is 3.08. The van der Waals surface area contributed by atoms with Crippen LogP contribution in [0, 0.1) is 0 Å². The Morgan fingerprint density at radius 2 is 1.31 bits per heavy atom. The van der Waals surface area contributed by atoms with Gasteiger partial charge < -0.3 is 34.0 Å². The lowest BCUT2D eigenvalue weighted by Gasteiger charge is -2.29. The monoisotopic (exact) mass is 753 g/mol. The van der Waals surface area contributed by atoms with E-state index in [0.717, 1.165) is 32.1 Å². The molecule has 0 radical (unpaired) electrons. The minimum Gasteiger partial charge on any atom is -0.756 e. The smallest absolute Gasteiger partial charge is 0.268 e. The van der Waals surface area contributed by atoms with Crippen molar-refractivity contribution in [1.82, 2.24) is 5.32 Å². The molecule has 0 saturated carbocycles. The van der Waals surface area contributed by atoms with Crippen LogP contribution in [0.3, 0.4) is 0 Å². The van der Waals surface area contributed by atoms with Crippen LogP contribution in [0.25, 0.3) is 0 Å². The van der Waals surface area contributed by atoms with Gasteiger partial charge in [0.2, 0.25) is 5.91 Å². The number of hydrogen-bond acceptors (Lipinski definition) is 7. The molecule has 1 amide bonds. The summed E-state index contributed by atoms with van der Waals surface area (Å²) in [5, 5.41) is 23.7. The van der Waals surface area contributed by atoms with Crippen molar-refractivity contribution in [3.05, 3.63) is 60.8 Å². The number of carbonyl (C=O) groups excluding carboxylic acids is 1. The average molecular weight is 753 g/mol. The molecule has 0 aliphatic heterocycles. The molecule has 0 aromatic rings. The Morgan fingerprint density at radius 1 is 0.731 bits per heavy atom. The van der Waals surface area contributed by atoms with E-state index in [-0.39, 0.29) is 18.9 Å². The van der Waals surface area contributed by atoms with Gasteiger partial charge in [-0.25, -0.2) is 0 Å². The van der Waals surface area contributed by atoms with Crippen LogP contribution < -0.4 is 10.2 Å². The second-order valence-electron chi connectivity index (χ2n) is 14.8. The highest BCUT2D eigenvalue weighted by Crippen LogP contribution is 2.38. The minimum absolute atomic E-state index is 0.0249. The first-order valence-corrected chi connectivity index (χ1v) is 21.7. The summed E-state index contributed by atoms with van der Waals surface area (Å²) in [6.07, 6.45) is 38.6. The second kappa shape index (κ2) is 33.7. The van der Waals surface area contributed by atoms with Gasteiger partial charge in [0, 0.05) is 6.42 Å². The summed E-state index contributed by atoms with van der Waals surface area (Å²) >= 11 is 0. The maximum Gasteiger partial charge on any atom is 0.268 e. The summed E-state index contributed by atoms with van der Waals surface area (Å²) < 4.78 is 23.1. The van der Waals surface area contributed by atoms with Crippen LogP contribution in [0.1, 0.15) is 142 Å². The SMILES string of the molecule is CCCCC/C=C\C[C@H](O)/C=C/C=C\C/C=C\CCCC(=O)N[C@@H](COP(=O)([O-])OCC[N+](C)(C)C)[C@H](O)/C=C/CCCCCCCCCCCC. The van der Waals surface area contributed by atoms with E-state index in [1.165, 1.54) is 70.6 Å². The van der Waals surface area contributed by atoms with Crippen LogP contribution in [-0.4, -0.2) is 79.8 Å². The highest BCUT2D eigenvalue weighted by molar-refractivity contribution is 7.45. The summed E-state index contributed by atoms with van der Waals surface area (Å²) in [5.41, 5.74) is 0. The molecule has 10 heteroatoms. The molecule has 0 aliphatic carbocycles. The van der Waals surface area contributed by atoms with E-state index in [4.69, 9.17) is 9.05 Å². The molecular weight excluding hydrogens is 675 g/mol.